The Kier molecular flexibility index (Phi) is 5.87. The lowest BCUT2D eigenvalue weighted by molar-refractivity contribution is -0.126. The molecule has 134 valence electrons. The molecule has 1 aliphatic carbocycles. The van der Waals surface area contributed by atoms with Crippen LogP contribution in [-0.2, 0) is 11.2 Å². The number of aryl methyl sites for hydroxylation is 1. The molecule has 8 heteroatoms. The van der Waals surface area contributed by atoms with Crippen LogP contribution in [0.2, 0.25) is 5.02 Å². The van der Waals surface area contributed by atoms with Crippen molar-refractivity contribution in [2.75, 3.05) is 21.1 Å². The summed E-state index contributed by atoms with van der Waals surface area (Å²) in [6.07, 6.45) is 2.19. The number of aromatic amines is 1. The number of H-pyrrole nitrogens is 1. The van der Waals surface area contributed by atoms with Crippen LogP contribution in [0, 0.1) is 0 Å². The average molecular weight is 356 g/mol. The van der Waals surface area contributed by atoms with Gasteiger partial charge < -0.3 is 10.2 Å². The second-order valence-electron chi connectivity index (χ2n) is 6.60. The molecule has 2 rings (SSSR count). The first-order valence-electron chi connectivity index (χ1n) is 8.22. The lowest BCUT2D eigenvalue weighted by atomic mass is 9.85. The molecule has 0 radical (unpaired) electrons. The van der Waals surface area contributed by atoms with Crippen molar-refractivity contribution in [3.63, 3.8) is 0 Å². The second-order valence-corrected chi connectivity index (χ2v) is 6.98. The summed E-state index contributed by atoms with van der Waals surface area (Å²) in [5.74, 6) is -0.173. The van der Waals surface area contributed by atoms with E-state index in [1.54, 1.807) is 11.9 Å². The van der Waals surface area contributed by atoms with Crippen molar-refractivity contribution in [1.29, 1.82) is 0 Å². The minimum atomic E-state index is -0.188. The van der Waals surface area contributed by atoms with Gasteiger partial charge >= 0.3 is 0 Å². The Bertz CT molecular complexity index is 610. The van der Waals surface area contributed by atoms with E-state index in [4.69, 9.17) is 11.6 Å². The van der Waals surface area contributed by atoms with E-state index in [1.807, 2.05) is 32.8 Å². The Morgan fingerprint density at radius 2 is 2.00 bits per heavy atom. The van der Waals surface area contributed by atoms with E-state index in [9.17, 15) is 9.59 Å². The molecule has 0 aliphatic heterocycles. The number of amides is 2. The second kappa shape index (κ2) is 7.53. The molecule has 1 atom stereocenters. The first-order chi connectivity index (χ1) is 11.3. The van der Waals surface area contributed by atoms with Crippen LogP contribution in [0.1, 0.15) is 42.9 Å². The van der Waals surface area contributed by atoms with Gasteiger partial charge in [-0.2, -0.15) is 5.10 Å². The molecule has 1 heterocycles. The summed E-state index contributed by atoms with van der Waals surface area (Å²) in [6, 6.07) is 0.0371. The number of hydrogen-bond acceptors (Lipinski definition) is 4. The van der Waals surface area contributed by atoms with E-state index in [2.05, 4.69) is 15.5 Å². The summed E-state index contributed by atoms with van der Waals surface area (Å²) in [5.41, 5.74) is 1.04. The molecule has 24 heavy (non-hydrogen) atoms. The standard InChI is InChI=1S/C16H26ClN5O2/c1-6-12-13(17)14(20-19-12)16(24)22(5)11-7-10(8-11)18-15(23)9(2)21(3)4/h9-11H,6-8H2,1-5H3,(H,18,23)(H,19,20)/t9-,10?,11?/m0/s1. The smallest absolute Gasteiger partial charge is 0.275 e. The fraction of sp³-hybridized carbons (Fsp3) is 0.688. The quantitative estimate of drug-likeness (QED) is 0.805. The van der Waals surface area contributed by atoms with Gasteiger partial charge in [-0.05, 0) is 40.3 Å². The lowest BCUT2D eigenvalue weighted by Gasteiger charge is -2.41. The summed E-state index contributed by atoms with van der Waals surface area (Å²) in [4.78, 5) is 28.1. The van der Waals surface area contributed by atoms with Gasteiger partial charge in [0.15, 0.2) is 5.69 Å². The van der Waals surface area contributed by atoms with Gasteiger partial charge in [-0.1, -0.05) is 18.5 Å². The molecular formula is C16H26ClN5O2. The lowest BCUT2D eigenvalue weighted by Crippen LogP contribution is -2.56. The van der Waals surface area contributed by atoms with E-state index in [0.717, 1.165) is 18.5 Å². The third-order valence-corrected chi connectivity index (χ3v) is 5.22. The number of carbonyl (C=O) groups is 2. The predicted molar refractivity (Wildman–Crippen MR) is 93.2 cm³/mol. The number of rotatable bonds is 6. The van der Waals surface area contributed by atoms with Crippen LogP contribution in [0.25, 0.3) is 0 Å². The predicted octanol–water partition coefficient (Wildman–Crippen LogP) is 1.29. The third-order valence-electron chi connectivity index (χ3n) is 4.81. The first kappa shape index (κ1) is 18.7. The molecule has 1 fully saturated rings. The molecule has 1 saturated carbocycles. The number of aromatic nitrogens is 2. The van der Waals surface area contributed by atoms with Crippen molar-refractivity contribution in [1.82, 2.24) is 25.3 Å². The van der Waals surface area contributed by atoms with Crippen molar-refractivity contribution in [2.24, 2.45) is 0 Å². The molecule has 2 amide bonds. The van der Waals surface area contributed by atoms with Gasteiger partial charge in [-0.25, -0.2) is 0 Å². The van der Waals surface area contributed by atoms with Crippen molar-refractivity contribution in [3.05, 3.63) is 16.4 Å². The summed E-state index contributed by atoms with van der Waals surface area (Å²) < 4.78 is 0. The van der Waals surface area contributed by atoms with Gasteiger partial charge in [-0.15, -0.1) is 0 Å². The first-order valence-corrected chi connectivity index (χ1v) is 8.60. The highest BCUT2D eigenvalue weighted by molar-refractivity contribution is 6.34. The van der Waals surface area contributed by atoms with Crippen LogP contribution in [0.15, 0.2) is 0 Å². The normalized spacial score (nSPS) is 21.3. The molecule has 1 aromatic rings. The molecule has 0 unspecified atom stereocenters. The topological polar surface area (TPSA) is 81.3 Å². The summed E-state index contributed by atoms with van der Waals surface area (Å²) >= 11 is 6.19. The molecule has 0 saturated heterocycles. The molecule has 2 N–H and O–H groups in total. The van der Waals surface area contributed by atoms with Crippen molar-refractivity contribution in [3.8, 4) is 0 Å². The summed E-state index contributed by atoms with van der Waals surface area (Å²) in [5, 5.41) is 10.3. The van der Waals surface area contributed by atoms with Crippen molar-refractivity contribution < 1.29 is 9.59 Å². The number of halogens is 1. The van der Waals surface area contributed by atoms with Gasteiger partial charge in [0.05, 0.1) is 16.8 Å². The van der Waals surface area contributed by atoms with E-state index >= 15 is 0 Å². The Morgan fingerprint density at radius 3 is 2.50 bits per heavy atom. The van der Waals surface area contributed by atoms with Crippen LogP contribution in [0.3, 0.4) is 0 Å². The Balaban J connectivity index is 1.87. The number of nitrogens with zero attached hydrogens (tertiary/aromatic N) is 3. The highest BCUT2D eigenvalue weighted by Gasteiger charge is 2.37. The maximum atomic E-state index is 12.5. The number of hydrogen-bond donors (Lipinski definition) is 2. The van der Waals surface area contributed by atoms with Gasteiger partial charge in [0.2, 0.25) is 5.91 Å². The Labute approximate surface area is 147 Å². The highest BCUT2D eigenvalue weighted by Crippen LogP contribution is 2.28. The molecular weight excluding hydrogens is 330 g/mol. The number of carbonyl (C=O) groups excluding carboxylic acids is 2. The minimum absolute atomic E-state index is 0.0142. The number of likely N-dealkylation sites (N-methyl/N-ethyl adjacent to an activating group) is 1. The fourth-order valence-corrected chi connectivity index (χ4v) is 2.95. The summed E-state index contributed by atoms with van der Waals surface area (Å²) in [7, 11) is 5.50. The van der Waals surface area contributed by atoms with Crippen molar-refractivity contribution in [2.45, 2.75) is 51.2 Å². The van der Waals surface area contributed by atoms with Crippen LogP contribution in [0.5, 0.6) is 0 Å². The van der Waals surface area contributed by atoms with E-state index < -0.39 is 0 Å². The van der Waals surface area contributed by atoms with Crippen LogP contribution in [0.4, 0.5) is 0 Å². The average Bonchev–Trinajstić information content (AvgIpc) is 2.88. The number of nitrogens with one attached hydrogen (secondary N) is 2. The van der Waals surface area contributed by atoms with Crippen LogP contribution >= 0.6 is 11.6 Å². The van der Waals surface area contributed by atoms with Crippen molar-refractivity contribution >= 4 is 23.4 Å². The van der Waals surface area contributed by atoms with Crippen LogP contribution in [-0.4, -0.2) is 71.1 Å². The molecule has 0 spiro atoms. The molecule has 0 bridgehead atoms. The Hall–Kier alpha value is -1.60. The monoisotopic (exact) mass is 355 g/mol. The molecule has 7 nitrogen and oxygen atoms in total. The zero-order chi connectivity index (χ0) is 18.0. The summed E-state index contributed by atoms with van der Waals surface area (Å²) in [6.45, 7) is 3.82. The van der Waals surface area contributed by atoms with Gasteiger partial charge in [0.25, 0.3) is 5.91 Å². The maximum absolute atomic E-state index is 12.5. The SMILES string of the molecule is CCc1[nH]nc(C(=O)N(C)C2CC(NC(=O)[C@H](C)N(C)C)C2)c1Cl. The van der Waals surface area contributed by atoms with Gasteiger partial charge in [-0.3, -0.25) is 19.6 Å². The van der Waals surface area contributed by atoms with Crippen LogP contribution < -0.4 is 5.32 Å². The van der Waals surface area contributed by atoms with E-state index in [1.165, 1.54) is 0 Å². The molecule has 1 aromatic heterocycles. The third kappa shape index (κ3) is 3.72. The minimum Gasteiger partial charge on any atom is -0.352 e. The Morgan fingerprint density at radius 1 is 1.38 bits per heavy atom. The molecule has 0 aromatic carbocycles. The maximum Gasteiger partial charge on any atom is 0.275 e. The van der Waals surface area contributed by atoms with Gasteiger partial charge in [0, 0.05) is 19.1 Å². The zero-order valence-electron chi connectivity index (χ0n) is 14.9. The van der Waals surface area contributed by atoms with Gasteiger partial charge in [0.1, 0.15) is 0 Å². The molecule has 1 aliphatic rings. The van der Waals surface area contributed by atoms with E-state index in [-0.39, 0.29) is 35.6 Å². The fourth-order valence-electron chi connectivity index (χ4n) is 2.65. The van der Waals surface area contributed by atoms with E-state index in [0.29, 0.717) is 11.4 Å². The highest BCUT2D eigenvalue weighted by atomic mass is 35.5. The zero-order valence-corrected chi connectivity index (χ0v) is 15.6. The largest absolute Gasteiger partial charge is 0.352 e.